The van der Waals surface area contributed by atoms with E-state index in [4.69, 9.17) is 5.73 Å². The van der Waals surface area contributed by atoms with Crippen molar-refractivity contribution in [2.45, 2.75) is 18.9 Å². The fraction of sp³-hybridized carbons (Fsp3) is 0.500. The molecule has 0 aromatic heterocycles. The highest BCUT2D eigenvalue weighted by molar-refractivity contribution is 5.76. The Bertz CT molecular complexity index is 380. The molecule has 1 aliphatic rings. The minimum atomic E-state index is 0.225. The molecule has 1 saturated heterocycles. The Kier molecular flexibility index (Phi) is 4.73. The van der Waals surface area contributed by atoms with Crippen molar-refractivity contribution in [3.8, 4) is 0 Å². The number of benzene rings is 1. The number of hydrogen-bond acceptors (Lipinski definition) is 3. The number of carbonyl (C=O) groups excluding carboxylic acids is 1. The quantitative estimate of drug-likeness (QED) is 0.831. The fourth-order valence-electron chi connectivity index (χ4n) is 2.30. The number of hydrogen-bond donors (Lipinski definition) is 2. The molecule has 1 atom stereocenters. The average Bonchev–Trinajstić information content (AvgIpc) is 2.46. The van der Waals surface area contributed by atoms with Crippen molar-refractivity contribution < 1.29 is 4.79 Å². The maximum absolute atomic E-state index is 12.0. The third kappa shape index (κ3) is 3.31. The van der Waals surface area contributed by atoms with Gasteiger partial charge in [0.2, 0.25) is 5.91 Å². The van der Waals surface area contributed by atoms with Crippen molar-refractivity contribution in [2.75, 3.05) is 26.2 Å². The first-order valence-electron chi connectivity index (χ1n) is 6.57. The molecule has 1 amide bonds. The molecule has 0 bridgehead atoms. The van der Waals surface area contributed by atoms with E-state index in [1.165, 1.54) is 5.56 Å². The number of nitrogens with zero attached hydrogens (tertiary/aromatic N) is 1. The lowest BCUT2D eigenvalue weighted by Crippen LogP contribution is -2.48. The van der Waals surface area contributed by atoms with E-state index >= 15 is 0 Å². The molecule has 0 aliphatic carbocycles. The normalized spacial score (nSPS) is 19.8. The maximum atomic E-state index is 12.0. The van der Waals surface area contributed by atoms with E-state index in [-0.39, 0.29) is 11.9 Å². The Labute approximate surface area is 108 Å². The van der Waals surface area contributed by atoms with E-state index in [2.05, 4.69) is 17.4 Å². The lowest BCUT2D eigenvalue weighted by atomic mass is 10.0. The summed E-state index contributed by atoms with van der Waals surface area (Å²) >= 11 is 0. The van der Waals surface area contributed by atoms with Gasteiger partial charge in [-0.1, -0.05) is 30.3 Å². The molecule has 1 aromatic rings. The van der Waals surface area contributed by atoms with Gasteiger partial charge in [0.25, 0.3) is 0 Å². The van der Waals surface area contributed by atoms with Crippen LogP contribution < -0.4 is 11.1 Å². The van der Waals surface area contributed by atoms with Crippen LogP contribution in [0.2, 0.25) is 0 Å². The molecule has 0 radical (unpaired) electrons. The SMILES string of the molecule is NCCCC(=O)N1CCNC(c2ccccc2)C1. The van der Waals surface area contributed by atoms with Crippen LogP contribution in [0, 0.1) is 0 Å². The molecular weight excluding hydrogens is 226 g/mol. The Morgan fingerprint density at radius 2 is 2.17 bits per heavy atom. The Hall–Kier alpha value is -1.39. The van der Waals surface area contributed by atoms with Gasteiger partial charge >= 0.3 is 0 Å². The topological polar surface area (TPSA) is 58.4 Å². The molecule has 0 saturated carbocycles. The number of nitrogens with one attached hydrogen (secondary N) is 1. The summed E-state index contributed by atoms with van der Waals surface area (Å²) < 4.78 is 0. The largest absolute Gasteiger partial charge is 0.340 e. The average molecular weight is 247 g/mol. The van der Waals surface area contributed by atoms with Gasteiger partial charge in [0.15, 0.2) is 0 Å². The minimum Gasteiger partial charge on any atom is -0.340 e. The molecule has 18 heavy (non-hydrogen) atoms. The molecule has 1 fully saturated rings. The van der Waals surface area contributed by atoms with Crippen LogP contribution in [0.1, 0.15) is 24.4 Å². The number of nitrogens with two attached hydrogens (primary N) is 1. The van der Waals surface area contributed by atoms with Crippen molar-refractivity contribution in [3.05, 3.63) is 35.9 Å². The van der Waals surface area contributed by atoms with E-state index in [9.17, 15) is 4.79 Å². The summed E-state index contributed by atoms with van der Waals surface area (Å²) in [5.74, 6) is 0.225. The van der Waals surface area contributed by atoms with Crippen LogP contribution in [0.25, 0.3) is 0 Å². The molecule has 0 spiro atoms. The number of carbonyl (C=O) groups is 1. The minimum absolute atomic E-state index is 0.225. The summed E-state index contributed by atoms with van der Waals surface area (Å²) in [5, 5.41) is 3.46. The Morgan fingerprint density at radius 3 is 2.89 bits per heavy atom. The van der Waals surface area contributed by atoms with E-state index in [0.29, 0.717) is 13.0 Å². The van der Waals surface area contributed by atoms with E-state index in [1.54, 1.807) is 0 Å². The summed E-state index contributed by atoms with van der Waals surface area (Å²) in [6.07, 6.45) is 1.34. The molecule has 1 unspecified atom stereocenters. The van der Waals surface area contributed by atoms with Crippen molar-refractivity contribution in [1.29, 1.82) is 0 Å². The summed E-state index contributed by atoms with van der Waals surface area (Å²) in [5.41, 5.74) is 6.69. The van der Waals surface area contributed by atoms with Crippen molar-refractivity contribution in [1.82, 2.24) is 10.2 Å². The Morgan fingerprint density at radius 1 is 1.39 bits per heavy atom. The molecule has 4 nitrogen and oxygen atoms in total. The molecule has 98 valence electrons. The van der Waals surface area contributed by atoms with Gasteiger partial charge in [-0.15, -0.1) is 0 Å². The number of piperazine rings is 1. The van der Waals surface area contributed by atoms with Crippen molar-refractivity contribution >= 4 is 5.91 Å². The van der Waals surface area contributed by atoms with Crippen LogP contribution in [0.15, 0.2) is 30.3 Å². The summed E-state index contributed by atoms with van der Waals surface area (Å²) in [7, 11) is 0. The van der Waals surface area contributed by atoms with Crippen LogP contribution in [0.5, 0.6) is 0 Å². The zero-order valence-corrected chi connectivity index (χ0v) is 10.6. The first-order valence-corrected chi connectivity index (χ1v) is 6.57. The highest BCUT2D eigenvalue weighted by atomic mass is 16.2. The maximum Gasteiger partial charge on any atom is 0.222 e. The van der Waals surface area contributed by atoms with Crippen LogP contribution in [0.3, 0.4) is 0 Å². The zero-order valence-electron chi connectivity index (χ0n) is 10.6. The van der Waals surface area contributed by atoms with E-state index < -0.39 is 0 Å². The second kappa shape index (κ2) is 6.52. The van der Waals surface area contributed by atoms with Crippen LogP contribution >= 0.6 is 0 Å². The monoisotopic (exact) mass is 247 g/mol. The molecule has 1 aromatic carbocycles. The van der Waals surface area contributed by atoms with Crippen molar-refractivity contribution in [3.63, 3.8) is 0 Å². The van der Waals surface area contributed by atoms with Gasteiger partial charge in [0.05, 0.1) is 0 Å². The first kappa shape index (κ1) is 13.1. The predicted molar refractivity (Wildman–Crippen MR) is 72.1 cm³/mol. The highest BCUT2D eigenvalue weighted by Crippen LogP contribution is 2.17. The van der Waals surface area contributed by atoms with E-state index in [0.717, 1.165) is 26.1 Å². The van der Waals surface area contributed by atoms with Gasteiger partial charge in [0.1, 0.15) is 0 Å². The number of amides is 1. The summed E-state index contributed by atoms with van der Waals surface area (Å²) in [6, 6.07) is 10.5. The van der Waals surface area contributed by atoms with Gasteiger partial charge in [-0.3, -0.25) is 4.79 Å². The predicted octanol–water partition coefficient (Wildman–Crippen LogP) is 0.898. The van der Waals surface area contributed by atoms with Gasteiger partial charge in [-0.05, 0) is 18.5 Å². The molecule has 1 heterocycles. The third-order valence-electron chi connectivity index (χ3n) is 3.32. The van der Waals surface area contributed by atoms with Crippen LogP contribution in [0.4, 0.5) is 0 Å². The van der Waals surface area contributed by atoms with Crippen LogP contribution in [-0.2, 0) is 4.79 Å². The lowest BCUT2D eigenvalue weighted by molar-refractivity contribution is -0.132. The van der Waals surface area contributed by atoms with Crippen molar-refractivity contribution in [2.24, 2.45) is 5.73 Å². The first-order chi connectivity index (χ1) is 8.81. The van der Waals surface area contributed by atoms with Crippen LogP contribution in [-0.4, -0.2) is 37.0 Å². The zero-order chi connectivity index (χ0) is 12.8. The second-order valence-corrected chi connectivity index (χ2v) is 4.65. The van der Waals surface area contributed by atoms with E-state index in [1.807, 2.05) is 23.1 Å². The van der Waals surface area contributed by atoms with Gasteiger partial charge in [-0.2, -0.15) is 0 Å². The standard InChI is InChI=1S/C14H21N3O/c15-8-4-7-14(18)17-10-9-16-13(11-17)12-5-2-1-3-6-12/h1-3,5-6,13,16H,4,7-11,15H2. The molecular formula is C14H21N3O. The fourth-order valence-corrected chi connectivity index (χ4v) is 2.30. The molecule has 1 aliphatic heterocycles. The summed E-state index contributed by atoms with van der Waals surface area (Å²) in [6.45, 7) is 2.99. The summed E-state index contributed by atoms with van der Waals surface area (Å²) in [4.78, 5) is 13.9. The Balaban J connectivity index is 1.94. The highest BCUT2D eigenvalue weighted by Gasteiger charge is 2.23. The van der Waals surface area contributed by atoms with Gasteiger partial charge < -0.3 is 16.0 Å². The van der Waals surface area contributed by atoms with Gasteiger partial charge in [-0.25, -0.2) is 0 Å². The molecule has 3 N–H and O–H groups in total. The lowest BCUT2D eigenvalue weighted by Gasteiger charge is -2.34. The molecule has 2 rings (SSSR count). The second-order valence-electron chi connectivity index (χ2n) is 4.65. The number of rotatable bonds is 4. The third-order valence-corrected chi connectivity index (χ3v) is 3.32. The smallest absolute Gasteiger partial charge is 0.222 e. The van der Waals surface area contributed by atoms with Gasteiger partial charge in [0, 0.05) is 32.1 Å². The molecule has 4 heteroatoms.